The summed E-state index contributed by atoms with van der Waals surface area (Å²) in [6, 6.07) is 37.9. The highest BCUT2D eigenvalue weighted by Gasteiger charge is 2.16. The summed E-state index contributed by atoms with van der Waals surface area (Å²) in [6.45, 7) is 0. The maximum atomic E-state index is 4.49. The second-order valence-electron chi connectivity index (χ2n) is 8.13. The van der Waals surface area contributed by atoms with E-state index in [0.717, 1.165) is 41.8 Å². The van der Waals surface area contributed by atoms with Crippen molar-refractivity contribution in [3.63, 3.8) is 0 Å². The molecule has 0 bridgehead atoms. The molecule has 0 aliphatic carbocycles. The lowest BCUT2D eigenvalue weighted by atomic mass is 9.85. The Hall–Kier alpha value is -2.50. The molecule has 0 unspecified atom stereocenters. The van der Waals surface area contributed by atoms with Gasteiger partial charge in [-0.1, -0.05) is 48.5 Å². The molecule has 166 valence electrons. The Labute approximate surface area is 222 Å². The van der Waals surface area contributed by atoms with Crippen LogP contribution in [0.1, 0.15) is 0 Å². The van der Waals surface area contributed by atoms with E-state index in [9.17, 15) is 0 Å². The van der Waals surface area contributed by atoms with E-state index < -0.39 is 0 Å². The molecular weight excluding hydrogens is 489 g/mol. The Morgan fingerprint density at radius 1 is 0.265 bits per heavy atom. The smallest absolute Gasteiger partial charge is 0.00404 e. The molecule has 0 heterocycles. The molecule has 0 radical (unpaired) electrons. The highest BCUT2D eigenvalue weighted by molar-refractivity contribution is 7.80. The molecule has 0 amide bonds. The third-order valence-electron chi connectivity index (χ3n) is 5.87. The lowest BCUT2D eigenvalue weighted by molar-refractivity contribution is 1.43. The third kappa shape index (κ3) is 4.96. The summed E-state index contributed by atoms with van der Waals surface area (Å²) < 4.78 is 0. The SMILES string of the molecule is Sc1ccc(-c2cc(-c3ccc(S)cc3)c(-c3ccc(S)cc3)cc2-c2ccc(S)cc2)cc1. The number of hydrogen-bond acceptors (Lipinski definition) is 4. The van der Waals surface area contributed by atoms with Crippen molar-refractivity contribution in [3.05, 3.63) is 109 Å². The van der Waals surface area contributed by atoms with Gasteiger partial charge in [0.05, 0.1) is 0 Å². The molecule has 5 aromatic carbocycles. The predicted molar refractivity (Wildman–Crippen MR) is 157 cm³/mol. The van der Waals surface area contributed by atoms with Crippen LogP contribution in [0.2, 0.25) is 0 Å². The zero-order valence-corrected chi connectivity index (χ0v) is 21.8. The van der Waals surface area contributed by atoms with Gasteiger partial charge in [0.25, 0.3) is 0 Å². The van der Waals surface area contributed by atoms with Crippen LogP contribution in [0.3, 0.4) is 0 Å². The summed E-state index contributed by atoms with van der Waals surface area (Å²) in [7, 11) is 0. The summed E-state index contributed by atoms with van der Waals surface area (Å²) in [4.78, 5) is 3.77. The van der Waals surface area contributed by atoms with Crippen molar-refractivity contribution in [1.29, 1.82) is 0 Å². The summed E-state index contributed by atoms with van der Waals surface area (Å²) in [6.07, 6.45) is 0. The molecule has 0 aliphatic heterocycles. The topological polar surface area (TPSA) is 0 Å². The number of hydrogen-bond donors (Lipinski definition) is 4. The van der Waals surface area contributed by atoms with Crippen LogP contribution in [0.25, 0.3) is 44.5 Å². The first-order chi connectivity index (χ1) is 16.5. The van der Waals surface area contributed by atoms with Crippen LogP contribution < -0.4 is 0 Å². The molecule has 34 heavy (non-hydrogen) atoms. The molecule has 5 rings (SSSR count). The van der Waals surface area contributed by atoms with E-state index in [1.165, 1.54) is 22.3 Å². The van der Waals surface area contributed by atoms with Gasteiger partial charge in [0.1, 0.15) is 0 Å². The van der Waals surface area contributed by atoms with Gasteiger partial charge in [-0.25, -0.2) is 0 Å². The fourth-order valence-electron chi connectivity index (χ4n) is 4.12. The van der Waals surface area contributed by atoms with E-state index in [1.54, 1.807) is 0 Å². The van der Waals surface area contributed by atoms with E-state index in [0.29, 0.717) is 0 Å². The molecule has 0 spiro atoms. The zero-order valence-electron chi connectivity index (χ0n) is 18.2. The van der Waals surface area contributed by atoms with Crippen molar-refractivity contribution in [3.8, 4) is 44.5 Å². The van der Waals surface area contributed by atoms with Gasteiger partial charge in [0.15, 0.2) is 0 Å². The van der Waals surface area contributed by atoms with E-state index in [-0.39, 0.29) is 0 Å². The van der Waals surface area contributed by atoms with Crippen LogP contribution in [0.4, 0.5) is 0 Å². The van der Waals surface area contributed by atoms with Gasteiger partial charge in [0, 0.05) is 19.6 Å². The van der Waals surface area contributed by atoms with E-state index >= 15 is 0 Å². The van der Waals surface area contributed by atoms with Crippen molar-refractivity contribution in [2.45, 2.75) is 19.6 Å². The molecule has 0 saturated heterocycles. The maximum absolute atomic E-state index is 4.49. The summed E-state index contributed by atoms with van der Waals surface area (Å²) in [5.41, 5.74) is 9.25. The molecule has 0 aliphatic rings. The first-order valence-electron chi connectivity index (χ1n) is 10.8. The third-order valence-corrected chi connectivity index (χ3v) is 7.06. The maximum Gasteiger partial charge on any atom is 0.00404 e. The molecule has 5 aromatic rings. The molecular formula is C30H22S4. The van der Waals surface area contributed by atoms with Gasteiger partial charge >= 0.3 is 0 Å². The highest BCUT2D eigenvalue weighted by atomic mass is 32.1. The summed E-state index contributed by atoms with van der Waals surface area (Å²) >= 11 is 18.0. The minimum absolute atomic E-state index is 0.942. The standard InChI is InChI=1S/C30H22S4/c31-23-9-1-19(2-10-23)27-17-29(21-5-13-25(33)14-6-21)30(22-7-15-26(34)16-8-22)18-28(27)20-3-11-24(32)12-4-20/h1-18,31-34H. The van der Waals surface area contributed by atoms with Crippen LogP contribution in [-0.2, 0) is 0 Å². The van der Waals surface area contributed by atoms with Gasteiger partial charge in [-0.2, -0.15) is 0 Å². The van der Waals surface area contributed by atoms with Gasteiger partial charge < -0.3 is 0 Å². The predicted octanol–water partition coefficient (Wildman–Crippen LogP) is 9.51. The lowest BCUT2D eigenvalue weighted by Gasteiger charge is -2.18. The Kier molecular flexibility index (Phi) is 6.84. The first-order valence-corrected chi connectivity index (χ1v) is 12.6. The molecule has 0 fully saturated rings. The number of benzene rings is 5. The Bertz CT molecular complexity index is 1210. The van der Waals surface area contributed by atoms with Crippen molar-refractivity contribution < 1.29 is 0 Å². The normalized spacial score (nSPS) is 10.9. The second kappa shape index (κ2) is 10.0. The highest BCUT2D eigenvalue weighted by Crippen LogP contribution is 2.42. The van der Waals surface area contributed by atoms with Crippen LogP contribution in [-0.4, -0.2) is 0 Å². The quantitative estimate of drug-likeness (QED) is 0.170. The molecule has 0 atom stereocenters. The zero-order chi connectivity index (χ0) is 23.7. The van der Waals surface area contributed by atoms with Crippen LogP contribution in [0.5, 0.6) is 0 Å². The van der Waals surface area contributed by atoms with Crippen molar-refractivity contribution >= 4 is 50.5 Å². The average Bonchev–Trinajstić information content (AvgIpc) is 2.85. The second-order valence-corrected chi connectivity index (χ2v) is 10.2. The largest absolute Gasteiger partial charge is 0.143 e. The summed E-state index contributed by atoms with van der Waals surface area (Å²) in [5.74, 6) is 0. The molecule has 0 nitrogen and oxygen atoms in total. The van der Waals surface area contributed by atoms with Gasteiger partial charge in [-0.15, -0.1) is 50.5 Å². The molecule has 0 aromatic heterocycles. The number of thiol groups is 4. The Morgan fingerprint density at radius 3 is 0.618 bits per heavy atom. The average molecular weight is 511 g/mol. The number of rotatable bonds is 4. The first kappa shape index (κ1) is 23.3. The van der Waals surface area contributed by atoms with E-state index in [1.807, 2.05) is 48.5 Å². The van der Waals surface area contributed by atoms with Gasteiger partial charge in [0.2, 0.25) is 0 Å². The van der Waals surface area contributed by atoms with Crippen molar-refractivity contribution in [1.82, 2.24) is 0 Å². The van der Waals surface area contributed by atoms with Gasteiger partial charge in [-0.05, 0) is 105 Å². The van der Waals surface area contributed by atoms with Crippen LogP contribution in [0, 0.1) is 0 Å². The Morgan fingerprint density at radius 2 is 0.441 bits per heavy atom. The van der Waals surface area contributed by atoms with Crippen LogP contribution in [0.15, 0.2) is 129 Å². The minimum atomic E-state index is 0.942. The van der Waals surface area contributed by atoms with Crippen molar-refractivity contribution in [2.75, 3.05) is 0 Å². The van der Waals surface area contributed by atoms with E-state index in [2.05, 4.69) is 111 Å². The van der Waals surface area contributed by atoms with Gasteiger partial charge in [-0.3, -0.25) is 0 Å². The summed E-state index contributed by atoms with van der Waals surface area (Å²) in [5, 5.41) is 0. The molecule has 0 saturated carbocycles. The fraction of sp³-hybridized carbons (Fsp3) is 0. The fourth-order valence-corrected chi connectivity index (χ4v) is 4.72. The monoisotopic (exact) mass is 510 g/mol. The minimum Gasteiger partial charge on any atom is -0.143 e. The van der Waals surface area contributed by atoms with E-state index in [4.69, 9.17) is 0 Å². The van der Waals surface area contributed by atoms with Crippen molar-refractivity contribution in [2.24, 2.45) is 0 Å². The van der Waals surface area contributed by atoms with Crippen LogP contribution >= 0.6 is 50.5 Å². The molecule has 0 N–H and O–H groups in total. The Balaban J connectivity index is 1.83. The molecule has 4 heteroatoms. The lowest BCUT2D eigenvalue weighted by Crippen LogP contribution is -1.92.